The fourth-order valence-electron chi connectivity index (χ4n) is 4.20. The molecule has 0 saturated carbocycles. The van der Waals surface area contributed by atoms with E-state index in [-0.39, 0.29) is 11.5 Å². The Bertz CT molecular complexity index is 1160. The third kappa shape index (κ3) is 3.52. The van der Waals surface area contributed by atoms with Gasteiger partial charge in [-0.15, -0.1) is 0 Å². The lowest BCUT2D eigenvalue weighted by molar-refractivity contribution is 0.463. The summed E-state index contributed by atoms with van der Waals surface area (Å²) in [4.78, 5) is 0. The van der Waals surface area contributed by atoms with Gasteiger partial charge in [-0.2, -0.15) is 0 Å². The van der Waals surface area contributed by atoms with Crippen LogP contribution in [0, 0.1) is 10.8 Å². The molecule has 4 heteroatoms. The molecule has 0 aliphatic carbocycles. The molecule has 4 nitrogen and oxygen atoms in total. The van der Waals surface area contributed by atoms with Gasteiger partial charge in [-0.1, -0.05) is 48.5 Å². The Morgan fingerprint density at radius 3 is 1.43 bits per heavy atom. The minimum atomic E-state index is 0.183. The zero-order valence-electron chi connectivity index (χ0n) is 16.7. The van der Waals surface area contributed by atoms with E-state index in [0.717, 1.165) is 45.5 Å². The highest BCUT2D eigenvalue weighted by Crippen LogP contribution is 2.34. The van der Waals surface area contributed by atoms with Gasteiger partial charge in [0.05, 0.1) is 0 Å². The molecule has 0 aliphatic rings. The van der Waals surface area contributed by atoms with Crippen LogP contribution < -0.4 is 0 Å². The fourth-order valence-corrected chi connectivity index (χ4v) is 4.20. The van der Waals surface area contributed by atoms with Crippen LogP contribution in [0.15, 0.2) is 60.7 Å². The number of phenols is 2. The monoisotopic (exact) mass is 396 g/mol. The van der Waals surface area contributed by atoms with E-state index >= 15 is 0 Å². The van der Waals surface area contributed by atoms with E-state index in [1.165, 1.54) is 12.4 Å². The molecule has 0 fully saturated rings. The number of nitrogens with one attached hydrogen (secondary N) is 2. The van der Waals surface area contributed by atoms with E-state index in [4.69, 9.17) is 10.8 Å². The highest BCUT2D eigenvalue weighted by molar-refractivity contribution is 5.96. The molecule has 0 radical (unpaired) electrons. The first-order chi connectivity index (χ1) is 14.6. The van der Waals surface area contributed by atoms with Gasteiger partial charge in [0.1, 0.15) is 11.5 Å². The van der Waals surface area contributed by atoms with Crippen molar-refractivity contribution < 1.29 is 10.2 Å². The maximum absolute atomic E-state index is 10.6. The van der Waals surface area contributed by atoms with Crippen LogP contribution in [0.25, 0.3) is 21.5 Å². The molecule has 4 rings (SSSR count). The van der Waals surface area contributed by atoms with Crippen molar-refractivity contribution in [1.82, 2.24) is 0 Å². The first kappa shape index (κ1) is 19.6. The first-order valence-electron chi connectivity index (χ1n) is 10.1. The SMILES string of the molecule is N=Cc1cc2ccccc2c(CCCCc2c(O)c(C=N)cc3ccccc23)c1O. The van der Waals surface area contributed by atoms with Crippen molar-refractivity contribution in [3.05, 3.63) is 82.9 Å². The maximum atomic E-state index is 10.6. The molecule has 30 heavy (non-hydrogen) atoms. The molecule has 0 atom stereocenters. The van der Waals surface area contributed by atoms with Crippen molar-refractivity contribution in [3.63, 3.8) is 0 Å². The fraction of sp³-hybridized carbons (Fsp3) is 0.154. The number of rotatable bonds is 7. The summed E-state index contributed by atoms with van der Waals surface area (Å²) in [7, 11) is 0. The van der Waals surface area contributed by atoms with Gasteiger partial charge in [-0.25, -0.2) is 0 Å². The molecule has 0 saturated heterocycles. The van der Waals surface area contributed by atoms with Crippen LogP contribution >= 0.6 is 0 Å². The number of hydrogen-bond acceptors (Lipinski definition) is 4. The molecular formula is C26H24N2O2. The van der Waals surface area contributed by atoms with Gasteiger partial charge >= 0.3 is 0 Å². The number of aromatic hydroxyl groups is 2. The minimum absolute atomic E-state index is 0.183. The minimum Gasteiger partial charge on any atom is -0.507 e. The molecule has 4 aromatic carbocycles. The van der Waals surface area contributed by atoms with Gasteiger partial charge in [-0.3, -0.25) is 0 Å². The zero-order chi connectivity index (χ0) is 21.1. The third-order valence-corrected chi connectivity index (χ3v) is 5.73. The van der Waals surface area contributed by atoms with Gasteiger partial charge in [0.25, 0.3) is 0 Å². The zero-order valence-corrected chi connectivity index (χ0v) is 16.7. The van der Waals surface area contributed by atoms with Gasteiger partial charge < -0.3 is 21.0 Å². The van der Waals surface area contributed by atoms with E-state index in [1.807, 2.05) is 60.7 Å². The van der Waals surface area contributed by atoms with Crippen LogP contribution in [0.3, 0.4) is 0 Å². The van der Waals surface area contributed by atoms with E-state index in [0.29, 0.717) is 24.0 Å². The number of hydrogen-bond donors (Lipinski definition) is 4. The quantitative estimate of drug-likeness (QED) is 0.229. The van der Waals surface area contributed by atoms with Crippen LogP contribution in [0.5, 0.6) is 11.5 Å². The Kier molecular flexibility index (Phi) is 5.48. The van der Waals surface area contributed by atoms with E-state index in [9.17, 15) is 10.2 Å². The first-order valence-corrected chi connectivity index (χ1v) is 10.1. The maximum Gasteiger partial charge on any atom is 0.128 e. The third-order valence-electron chi connectivity index (χ3n) is 5.73. The molecule has 0 bridgehead atoms. The highest BCUT2D eigenvalue weighted by Gasteiger charge is 2.13. The molecule has 0 aliphatic heterocycles. The Hall–Kier alpha value is -3.66. The second-order valence-corrected chi connectivity index (χ2v) is 7.52. The normalized spacial score (nSPS) is 11.1. The Labute approximate surface area is 175 Å². The largest absolute Gasteiger partial charge is 0.507 e. The number of benzene rings is 4. The van der Waals surface area contributed by atoms with Crippen LogP contribution in [-0.2, 0) is 12.8 Å². The summed E-state index contributed by atoms with van der Waals surface area (Å²) in [5.74, 6) is 0.366. The number of aryl methyl sites for hydroxylation is 2. The standard InChI is InChI=1S/C26H24N2O2/c27-15-19-13-17-7-1-3-9-21(17)23(25(19)29)11-5-6-12-24-22-10-4-2-8-18(22)14-20(16-28)26(24)30/h1-4,7-10,13-16,27-30H,5-6,11-12H2. The van der Waals surface area contributed by atoms with Crippen LogP contribution in [0.4, 0.5) is 0 Å². The predicted octanol–water partition coefficient (Wildman–Crippen LogP) is 5.96. The van der Waals surface area contributed by atoms with Gasteiger partial charge in [0, 0.05) is 34.7 Å². The van der Waals surface area contributed by atoms with Crippen LogP contribution in [0.2, 0.25) is 0 Å². The Morgan fingerprint density at radius 1 is 0.633 bits per heavy atom. The van der Waals surface area contributed by atoms with E-state index in [1.54, 1.807) is 0 Å². The van der Waals surface area contributed by atoms with Crippen molar-refractivity contribution >= 4 is 34.0 Å². The van der Waals surface area contributed by atoms with Gasteiger partial charge in [0.15, 0.2) is 0 Å². The number of phenolic OH excluding ortho intramolecular Hbond substituents is 2. The second kappa shape index (κ2) is 8.37. The Balaban J connectivity index is 1.58. The molecule has 0 heterocycles. The smallest absolute Gasteiger partial charge is 0.128 e. The van der Waals surface area contributed by atoms with Gasteiger partial charge in [-0.05, 0) is 59.4 Å². The summed E-state index contributed by atoms with van der Waals surface area (Å²) in [6.07, 6.45) is 5.44. The summed E-state index contributed by atoms with van der Waals surface area (Å²) in [6.45, 7) is 0. The van der Waals surface area contributed by atoms with Crippen molar-refractivity contribution in [3.8, 4) is 11.5 Å². The summed E-state index contributed by atoms with van der Waals surface area (Å²) >= 11 is 0. The molecule has 0 unspecified atom stereocenters. The summed E-state index contributed by atoms with van der Waals surface area (Å²) < 4.78 is 0. The summed E-state index contributed by atoms with van der Waals surface area (Å²) in [5.41, 5.74) is 2.81. The van der Waals surface area contributed by atoms with E-state index in [2.05, 4.69) is 0 Å². The van der Waals surface area contributed by atoms with Crippen molar-refractivity contribution in [1.29, 1.82) is 10.8 Å². The van der Waals surface area contributed by atoms with Crippen molar-refractivity contribution in [2.45, 2.75) is 25.7 Å². The average Bonchev–Trinajstić information content (AvgIpc) is 2.78. The van der Waals surface area contributed by atoms with E-state index < -0.39 is 0 Å². The van der Waals surface area contributed by atoms with Crippen LogP contribution in [-0.4, -0.2) is 22.6 Å². The number of fused-ring (bicyclic) bond motifs is 2. The predicted molar refractivity (Wildman–Crippen MR) is 124 cm³/mol. The molecule has 0 spiro atoms. The van der Waals surface area contributed by atoms with Gasteiger partial charge in [0.2, 0.25) is 0 Å². The number of unbranched alkanes of at least 4 members (excludes halogenated alkanes) is 1. The van der Waals surface area contributed by atoms with Crippen molar-refractivity contribution in [2.24, 2.45) is 0 Å². The lowest BCUT2D eigenvalue weighted by Gasteiger charge is -2.13. The second-order valence-electron chi connectivity index (χ2n) is 7.52. The summed E-state index contributed by atoms with van der Waals surface area (Å²) in [6, 6.07) is 19.5. The molecular weight excluding hydrogens is 372 g/mol. The average molecular weight is 396 g/mol. The lowest BCUT2D eigenvalue weighted by Crippen LogP contribution is -1.97. The molecule has 0 amide bonds. The summed E-state index contributed by atoms with van der Waals surface area (Å²) in [5, 5.41) is 40.5. The molecule has 150 valence electrons. The topological polar surface area (TPSA) is 88.2 Å². The lowest BCUT2D eigenvalue weighted by atomic mass is 9.93. The molecule has 0 aromatic heterocycles. The molecule has 4 aromatic rings. The highest BCUT2D eigenvalue weighted by atomic mass is 16.3. The molecule has 4 N–H and O–H groups in total. The Morgan fingerprint density at radius 2 is 1.03 bits per heavy atom. The van der Waals surface area contributed by atoms with Crippen molar-refractivity contribution in [2.75, 3.05) is 0 Å². The van der Waals surface area contributed by atoms with Crippen LogP contribution in [0.1, 0.15) is 35.1 Å².